The summed E-state index contributed by atoms with van der Waals surface area (Å²) >= 11 is 0. The van der Waals surface area contributed by atoms with E-state index in [9.17, 15) is 0 Å². The van der Waals surface area contributed by atoms with Crippen molar-refractivity contribution in [3.63, 3.8) is 0 Å². The predicted molar refractivity (Wildman–Crippen MR) is 63.1 cm³/mol. The van der Waals surface area contributed by atoms with Gasteiger partial charge in [0.05, 0.1) is 11.6 Å². The SMILES string of the molecule is Cc1cc(-c2nc(C(N)C(C)(C)C)no2)co1. The van der Waals surface area contributed by atoms with E-state index in [2.05, 4.69) is 10.1 Å². The van der Waals surface area contributed by atoms with Crippen LogP contribution in [0.5, 0.6) is 0 Å². The summed E-state index contributed by atoms with van der Waals surface area (Å²) in [6, 6.07) is 1.59. The van der Waals surface area contributed by atoms with Gasteiger partial charge in [0.15, 0.2) is 5.82 Å². The fraction of sp³-hybridized carbons (Fsp3) is 0.500. The van der Waals surface area contributed by atoms with Crippen LogP contribution in [0.4, 0.5) is 0 Å². The second-order valence-corrected chi connectivity index (χ2v) is 5.25. The van der Waals surface area contributed by atoms with Crippen LogP contribution >= 0.6 is 0 Å². The van der Waals surface area contributed by atoms with Gasteiger partial charge in [0.1, 0.15) is 12.0 Å². The third-order valence-corrected chi connectivity index (χ3v) is 2.63. The first-order valence-corrected chi connectivity index (χ1v) is 5.52. The Labute approximate surface area is 100.0 Å². The Morgan fingerprint density at radius 3 is 2.59 bits per heavy atom. The quantitative estimate of drug-likeness (QED) is 0.865. The van der Waals surface area contributed by atoms with E-state index >= 15 is 0 Å². The van der Waals surface area contributed by atoms with E-state index < -0.39 is 0 Å². The number of nitrogens with zero attached hydrogens (tertiary/aromatic N) is 2. The lowest BCUT2D eigenvalue weighted by Gasteiger charge is -2.23. The third kappa shape index (κ3) is 2.39. The second-order valence-electron chi connectivity index (χ2n) is 5.25. The Balaban J connectivity index is 2.28. The third-order valence-electron chi connectivity index (χ3n) is 2.63. The molecule has 2 aromatic rings. The van der Waals surface area contributed by atoms with E-state index in [1.165, 1.54) is 0 Å². The molecule has 0 spiro atoms. The van der Waals surface area contributed by atoms with Crippen LogP contribution in [0.2, 0.25) is 0 Å². The normalized spacial score (nSPS) is 13.9. The zero-order chi connectivity index (χ0) is 12.6. The smallest absolute Gasteiger partial charge is 0.261 e. The highest BCUT2D eigenvalue weighted by atomic mass is 16.5. The fourth-order valence-electron chi connectivity index (χ4n) is 1.42. The first kappa shape index (κ1) is 11.9. The molecule has 5 heteroatoms. The van der Waals surface area contributed by atoms with E-state index in [1.807, 2.05) is 33.8 Å². The van der Waals surface area contributed by atoms with Gasteiger partial charge in [-0.2, -0.15) is 4.98 Å². The number of nitrogens with two attached hydrogens (primary N) is 1. The highest BCUT2D eigenvalue weighted by molar-refractivity contribution is 5.51. The summed E-state index contributed by atoms with van der Waals surface area (Å²) < 4.78 is 10.4. The first-order valence-electron chi connectivity index (χ1n) is 5.52. The van der Waals surface area contributed by atoms with E-state index in [-0.39, 0.29) is 11.5 Å². The Bertz CT molecular complexity index is 508. The van der Waals surface area contributed by atoms with E-state index in [0.717, 1.165) is 11.3 Å². The molecule has 1 unspecified atom stereocenters. The fourth-order valence-corrected chi connectivity index (χ4v) is 1.42. The molecule has 2 rings (SSSR count). The largest absolute Gasteiger partial charge is 0.469 e. The minimum atomic E-state index is -0.256. The van der Waals surface area contributed by atoms with Crippen molar-refractivity contribution >= 4 is 0 Å². The van der Waals surface area contributed by atoms with Crippen molar-refractivity contribution in [1.29, 1.82) is 0 Å². The molecule has 5 nitrogen and oxygen atoms in total. The molecule has 0 radical (unpaired) electrons. The van der Waals surface area contributed by atoms with Gasteiger partial charge in [0, 0.05) is 0 Å². The van der Waals surface area contributed by atoms with Gasteiger partial charge >= 0.3 is 0 Å². The minimum Gasteiger partial charge on any atom is -0.469 e. The summed E-state index contributed by atoms with van der Waals surface area (Å²) in [7, 11) is 0. The maximum Gasteiger partial charge on any atom is 0.261 e. The van der Waals surface area contributed by atoms with Crippen molar-refractivity contribution in [2.45, 2.75) is 33.7 Å². The minimum absolute atomic E-state index is 0.104. The second kappa shape index (κ2) is 4.00. The van der Waals surface area contributed by atoms with E-state index in [1.54, 1.807) is 6.26 Å². The van der Waals surface area contributed by atoms with Gasteiger partial charge in [-0.05, 0) is 18.4 Å². The number of furan rings is 1. The molecule has 2 heterocycles. The van der Waals surface area contributed by atoms with Gasteiger partial charge in [0.25, 0.3) is 5.89 Å². The van der Waals surface area contributed by atoms with Crippen molar-refractivity contribution in [2.75, 3.05) is 0 Å². The molecule has 0 saturated carbocycles. The van der Waals surface area contributed by atoms with E-state index in [4.69, 9.17) is 14.7 Å². The number of aromatic nitrogens is 2. The molecule has 2 aromatic heterocycles. The highest BCUT2D eigenvalue weighted by Crippen LogP contribution is 2.30. The van der Waals surface area contributed by atoms with Gasteiger partial charge in [-0.15, -0.1) is 0 Å². The molecule has 0 saturated heterocycles. The van der Waals surface area contributed by atoms with Gasteiger partial charge in [0.2, 0.25) is 0 Å². The number of rotatable bonds is 2. The van der Waals surface area contributed by atoms with Crippen LogP contribution in [-0.4, -0.2) is 10.1 Å². The molecule has 1 atom stereocenters. The Morgan fingerprint density at radius 1 is 1.35 bits per heavy atom. The van der Waals surface area contributed by atoms with Gasteiger partial charge in [-0.25, -0.2) is 0 Å². The van der Waals surface area contributed by atoms with Crippen LogP contribution in [0.25, 0.3) is 11.5 Å². The van der Waals surface area contributed by atoms with Crippen molar-refractivity contribution in [1.82, 2.24) is 10.1 Å². The standard InChI is InChI=1S/C12H17N3O2/c1-7-5-8(6-16-7)11-14-10(15-17-11)9(13)12(2,3)4/h5-6,9H,13H2,1-4H3. The monoisotopic (exact) mass is 235 g/mol. The lowest BCUT2D eigenvalue weighted by atomic mass is 9.87. The molecular formula is C12H17N3O2. The van der Waals surface area contributed by atoms with Crippen molar-refractivity contribution in [3.8, 4) is 11.5 Å². The van der Waals surface area contributed by atoms with E-state index in [0.29, 0.717) is 11.7 Å². The molecule has 0 amide bonds. The van der Waals surface area contributed by atoms with Crippen LogP contribution in [0, 0.1) is 12.3 Å². The summed E-state index contributed by atoms with van der Waals surface area (Å²) in [4.78, 5) is 4.30. The lowest BCUT2D eigenvalue weighted by Crippen LogP contribution is -2.27. The highest BCUT2D eigenvalue weighted by Gasteiger charge is 2.27. The summed E-state index contributed by atoms with van der Waals surface area (Å²) in [6.07, 6.45) is 1.59. The van der Waals surface area contributed by atoms with Crippen molar-refractivity contribution < 1.29 is 8.94 Å². The van der Waals surface area contributed by atoms with Crippen molar-refractivity contribution in [3.05, 3.63) is 23.9 Å². The molecule has 0 fully saturated rings. The van der Waals surface area contributed by atoms with Crippen LogP contribution in [0.3, 0.4) is 0 Å². The van der Waals surface area contributed by atoms with Gasteiger partial charge in [-0.1, -0.05) is 25.9 Å². The Morgan fingerprint density at radius 2 is 2.06 bits per heavy atom. The van der Waals surface area contributed by atoms with Crippen LogP contribution in [0.15, 0.2) is 21.3 Å². The summed E-state index contributed by atoms with van der Waals surface area (Å²) in [6.45, 7) is 7.97. The molecular weight excluding hydrogens is 218 g/mol. The zero-order valence-electron chi connectivity index (χ0n) is 10.5. The number of hydrogen-bond donors (Lipinski definition) is 1. The topological polar surface area (TPSA) is 78.1 Å². The molecule has 92 valence electrons. The maximum absolute atomic E-state index is 6.06. The molecule has 17 heavy (non-hydrogen) atoms. The molecule has 0 aromatic carbocycles. The molecule has 0 aliphatic carbocycles. The first-order chi connectivity index (χ1) is 7.88. The van der Waals surface area contributed by atoms with Crippen LogP contribution in [0.1, 0.15) is 38.4 Å². The lowest BCUT2D eigenvalue weighted by molar-refractivity contribution is 0.303. The zero-order valence-corrected chi connectivity index (χ0v) is 10.5. The van der Waals surface area contributed by atoms with Crippen LogP contribution in [-0.2, 0) is 0 Å². The van der Waals surface area contributed by atoms with Crippen molar-refractivity contribution in [2.24, 2.45) is 11.1 Å². The van der Waals surface area contributed by atoms with Gasteiger partial charge in [-0.3, -0.25) is 0 Å². The summed E-state index contributed by atoms with van der Waals surface area (Å²) in [5.74, 6) is 1.77. The van der Waals surface area contributed by atoms with Crippen LogP contribution < -0.4 is 5.73 Å². The Kier molecular flexibility index (Phi) is 2.79. The summed E-state index contributed by atoms with van der Waals surface area (Å²) in [5.41, 5.74) is 6.74. The predicted octanol–water partition coefficient (Wildman–Crippen LogP) is 2.68. The Hall–Kier alpha value is -1.62. The summed E-state index contributed by atoms with van der Waals surface area (Å²) in [5, 5.41) is 3.92. The molecule has 0 aliphatic rings. The number of aryl methyl sites for hydroxylation is 1. The molecule has 2 N–H and O–H groups in total. The average molecular weight is 235 g/mol. The molecule has 0 aliphatic heterocycles. The maximum atomic E-state index is 6.06. The average Bonchev–Trinajstić information content (AvgIpc) is 2.83. The number of hydrogen-bond acceptors (Lipinski definition) is 5. The van der Waals surface area contributed by atoms with Gasteiger partial charge < -0.3 is 14.7 Å². The molecule has 0 bridgehead atoms.